The number of halogens is 1. The highest BCUT2D eigenvalue weighted by atomic mass is 79.9. The number of nitrogens with zero attached hydrogens (tertiary/aromatic N) is 2. The Bertz CT molecular complexity index is 385. The third kappa shape index (κ3) is 3.07. The minimum atomic E-state index is -0.0312. The average molecular weight is 288 g/mol. The second-order valence-electron chi connectivity index (χ2n) is 3.99. The minimum Gasteiger partial charge on any atom is -0.352 e. The molecule has 90 valence electrons. The van der Waals surface area contributed by atoms with Crippen molar-refractivity contribution >= 4 is 21.8 Å². The number of carbonyl (C=O) groups is 1. The third-order valence-corrected chi connectivity index (χ3v) is 3.02. The van der Waals surface area contributed by atoms with E-state index in [0.29, 0.717) is 16.9 Å². The number of amides is 1. The number of alkyl halides is 1. The van der Waals surface area contributed by atoms with Gasteiger partial charge in [0.15, 0.2) is 0 Å². The third-order valence-electron chi connectivity index (χ3n) is 2.56. The van der Waals surface area contributed by atoms with Crippen molar-refractivity contribution in [2.24, 2.45) is 7.05 Å². The number of hydrogen-bond donors (Lipinski definition) is 1. The normalized spacial score (nSPS) is 12.6. The zero-order valence-corrected chi connectivity index (χ0v) is 11.8. The molecule has 0 saturated carbocycles. The molecule has 1 unspecified atom stereocenters. The van der Waals surface area contributed by atoms with E-state index in [2.05, 4.69) is 33.3 Å². The Morgan fingerprint density at radius 1 is 1.56 bits per heavy atom. The second kappa shape index (κ2) is 5.48. The molecule has 0 aliphatic heterocycles. The molecule has 1 atom stereocenters. The fraction of sp³-hybridized carbons (Fsp3) is 0.636. The van der Waals surface area contributed by atoms with Gasteiger partial charge in [-0.05, 0) is 20.3 Å². The molecule has 5 heteroatoms. The van der Waals surface area contributed by atoms with Crippen LogP contribution < -0.4 is 5.32 Å². The summed E-state index contributed by atoms with van der Waals surface area (Å²) in [5.74, 6) is -0.0312. The van der Waals surface area contributed by atoms with E-state index in [9.17, 15) is 4.79 Å². The Balaban J connectivity index is 2.66. The Hall–Kier alpha value is -0.840. The summed E-state index contributed by atoms with van der Waals surface area (Å²) >= 11 is 3.45. The molecule has 1 aromatic rings. The summed E-state index contributed by atoms with van der Waals surface area (Å²) in [6.07, 6.45) is 0.921. The van der Waals surface area contributed by atoms with Crippen LogP contribution in [0.2, 0.25) is 0 Å². The molecule has 1 aromatic heterocycles. The van der Waals surface area contributed by atoms with Gasteiger partial charge < -0.3 is 5.32 Å². The van der Waals surface area contributed by atoms with Gasteiger partial charge in [0.2, 0.25) is 0 Å². The molecule has 0 radical (unpaired) electrons. The monoisotopic (exact) mass is 287 g/mol. The Kier molecular flexibility index (Phi) is 4.53. The predicted molar refractivity (Wildman–Crippen MR) is 68.0 cm³/mol. The quantitative estimate of drug-likeness (QED) is 0.861. The average Bonchev–Trinajstić information content (AvgIpc) is 2.40. The summed E-state index contributed by atoms with van der Waals surface area (Å²) in [6.45, 7) is 6.50. The van der Waals surface area contributed by atoms with Crippen molar-refractivity contribution in [3.8, 4) is 0 Å². The molecule has 0 aliphatic carbocycles. The van der Waals surface area contributed by atoms with Gasteiger partial charge >= 0.3 is 0 Å². The Labute approximate surface area is 105 Å². The molecule has 0 bridgehead atoms. The topological polar surface area (TPSA) is 46.9 Å². The van der Waals surface area contributed by atoms with Gasteiger partial charge in [0.25, 0.3) is 5.91 Å². The first-order chi connectivity index (χ1) is 7.43. The van der Waals surface area contributed by atoms with Gasteiger partial charge in [-0.3, -0.25) is 9.48 Å². The van der Waals surface area contributed by atoms with Gasteiger partial charge in [-0.15, -0.1) is 0 Å². The lowest BCUT2D eigenvalue weighted by Gasteiger charge is -2.06. The van der Waals surface area contributed by atoms with Crippen LogP contribution in [0.5, 0.6) is 0 Å². The lowest BCUT2D eigenvalue weighted by atomic mass is 10.2. The van der Waals surface area contributed by atoms with Crippen LogP contribution in [0, 0.1) is 13.8 Å². The highest BCUT2D eigenvalue weighted by Gasteiger charge is 2.16. The van der Waals surface area contributed by atoms with Crippen LogP contribution in [0.1, 0.15) is 35.1 Å². The van der Waals surface area contributed by atoms with E-state index < -0.39 is 0 Å². The Morgan fingerprint density at radius 3 is 2.62 bits per heavy atom. The van der Waals surface area contributed by atoms with Gasteiger partial charge in [-0.2, -0.15) is 5.10 Å². The molecule has 1 N–H and O–H groups in total. The van der Waals surface area contributed by atoms with E-state index in [0.717, 1.165) is 17.8 Å². The lowest BCUT2D eigenvalue weighted by molar-refractivity contribution is 0.0952. The van der Waals surface area contributed by atoms with Crippen LogP contribution in [0.3, 0.4) is 0 Å². The standard InChI is InChI=1S/C11H18BrN3O/c1-7(12)5-6-13-11(16)10-8(2)14-15(4)9(10)3/h7H,5-6H2,1-4H3,(H,13,16). The van der Waals surface area contributed by atoms with Crippen molar-refractivity contribution < 1.29 is 4.79 Å². The molecule has 1 amide bonds. The summed E-state index contributed by atoms with van der Waals surface area (Å²) in [7, 11) is 1.85. The van der Waals surface area contributed by atoms with Crippen LogP contribution in [-0.2, 0) is 7.05 Å². The summed E-state index contributed by atoms with van der Waals surface area (Å²) in [6, 6.07) is 0. The van der Waals surface area contributed by atoms with Gasteiger partial charge in [-0.1, -0.05) is 22.9 Å². The first-order valence-electron chi connectivity index (χ1n) is 5.36. The summed E-state index contributed by atoms with van der Waals surface area (Å²) in [5.41, 5.74) is 2.39. The SMILES string of the molecule is Cc1nn(C)c(C)c1C(=O)NCCC(C)Br. The van der Waals surface area contributed by atoms with Gasteiger partial charge in [-0.25, -0.2) is 0 Å². The molecule has 0 aliphatic rings. The van der Waals surface area contributed by atoms with E-state index in [-0.39, 0.29) is 5.91 Å². The number of hydrogen-bond acceptors (Lipinski definition) is 2. The van der Waals surface area contributed by atoms with Crippen LogP contribution in [0.25, 0.3) is 0 Å². The summed E-state index contributed by atoms with van der Waals surface area (Å²) < 4.78 is 1.73. The van der Waals surface area contributed by atoms with Crippen LogP contribution in [-0.4, -0.2) is 27.1 Å². The molecular weight excluding hydrogens is 270 g/mol. The minimum absolute atomic E-state index is 0.0312. The van der Waals surface area contributed by atoms with E-state index in [1.165, 1.54) is 0 Å². The molecule has 1 rings (SSSR count). The molecule has 0 saturated heterocycles. The number of aryl methyl sites for hydroxylation is 2. The molecule has 0 spiro atoms. The van der Waals surface area contributed by atoms with E-state index in [1.807, 2.05) is 20.9 Å². The number of carbonyl (C=O) groups excluding carboxylic acids is 1. The zero-order chi connectivity index (χ0) is 12.3. The van der Waals surface area contributed by atoms with E-state index in [1.54, 1.807) is 4.68 Å². The second-order valence-corrected chi connectivity index (χ2v) is 5.56. The Morgan fingerprint density at radius 2 is 2.19 bits per heavy atom. The smallest absolute Gasteiger partial charge is 0.255 e. The maximum atomic E-state index is 11.9. The fourth-order valence-corrected chi connectivity index (χ4v) is 1.80. The van der Waals surface area contributed by atoms with Crippen molar-refractivity contribution in [2.45, 2.75) is 32.0 Å². The predicted octanol–water partition coefficient (Wildman–Crippen LogP) is 1.94. The van der Waals surface area contributed by atoms with Crippen LogP contribution in [0.15, 0.2) is 0 Å². The summed E-state index contributed by atoms with van der Waals surface area (Å²) in [5, 5.41) is 7.12. The first-order valence-corrected chi connectivity index (χ1v) is 6.27. The van der Waals surface area contributed by atoms with E-state index >= 15 is 0 Å². The lowest BCUT2D eigenvalue weighted by Crippen LogP contribution is -2.26. The molecule has 0 aromatic carbocycles. The largest absolute Gasteiger partial charge is 0.352 e. The van der Waals surface area contributed by atoms with Gasteiger partial charge in [0, 0.05) is 24.1 Å². The molecule has 1 heterocycles. The summed E-state index contributed by atoms with van der Waals surface area (Å²) in [4.78, 5) is 12.3. The molecule has 4 nitrogen and oxygen atoms in total. The zero-order valence-electron chi connectivity index (χ0n) is 10.2. The first kappa shape index (κ1) is 13.2. The maximum Gasteiger partial charge on any atom is 0.255 e. The van der Waals surface area contributed by atoms with Crippen molar-refractivity contribution in [3.63, 3.8) is 0 Å². The number of nitrogens with one attached hydrogen (secondary N) is 1. The molecule has 16 heavy (non-hydrogen) atoms. The number of aromatic nitrogens is 2. The number of rotatable bonds is 4. The molecule has 0 fully saturated rings. The highest BCUT2D eigenvalue weighted by molar-refractivity contribution is 9.09. The highest BCUT2D eigenvalue weighted by Crippen LogP contribution is 2.11. The van der Waals surface area contributed by atoms with Crippen LogP contribution >= 0.6 is 15.9 Å². The van der Waals surface area contributed by atoms with Crippen molar-refractivity contribution in [1.29, 1.82) is 0 Å². The molecular formula is C11H18BrN3O. The maximum absolute atomic E-state index is 11.9. The fourth-order valence-electron chi connectivity index (χ4n) is 1.58. The van der Waals surface area contributed by atoms with Crippen molar-refractivity contribution in [3.05, 3.63) is 17.0 Å². The van der Waals surface area contributed by atoms with Gasteiger partial charge in [0.1, 0.15) is 0 Å². The van der Waals surface area contributed by atoms with E-state index in [4.69, 9.17) is 0 Å². The van der Waals surface area contributed by atoms with Crippen molar-refractivity contribution in [2.75, 3.05) is 6.54 Å². The van der Waals surface area contributed by atoms with Crippen molar-refractivity contribution in [1.82, 2.24) is 15.1 Å². The van der Waals surface area contributed by atoms with Crippen LogP contribution in [0.4, 0.5) is 0 Å². The van der Waals surface area contributed by atoms with Gasteiger partial charge in [0.05, 0.1) is 11.3 Å².